The minimum absolute atomic E-state index is 0.0569. The summed E-state index contributed by atoms with van der Waals surface area (Å²) in [6.45, 7) is 0. The lowest BCUT2D eigenvalue weighted by Gasteiger charge is -2.06. The predicted molar refractivity (Wildman–Crippen MR) is 75.0 cm³/mol. The quantitative estimate of drug-likeness (QED) is 0.631. The summed E-state index contributed by atoms with van der Waals surface area (Å²) in [5, 5.41) is 13.4. The molecule has 0 aliphatic heterocycles. The fourth-order valence-corrected chi connectivity index (χ4v) is 2.46. The number of aromatic hydroxyl groups is 1. The second kappa shape index (κ2) is 6.92. The molecule has 1 amide bonds. The molecule has 2 N–H and O–H groups in total. The topological polar surface area (TPSA) is 61.7 Å². The zero-order valence-electron chi connectivity index (χ0n) is 11.0. The van der Waals surface area contributed by atoms with Gasteiger partial charge < -0.3 is 5.11 Å². The first kappa shape index (κ1) is 13.6. The van der Waals surface area contributed by atoms with Crippen LogP contribution < -0.4 is 5.43 Å². The second-order valence-electron chi connectivity index (χ2n) is 5.04. The van der Waals surface area contributed by atoms with Gasteiger partial charge in [-0.15, -0.1) is 0 Å². The minimum atomic E-state index is -0.0569. The van der Waals surface area contributed by atoms with Crippen LogP contribution in [0.2, 0.25) is 0 Å². The number of para-hydroxylation sites is 1. The van der Waals surface area contributed by atoms with Gasteiger partial charge in [0.2, 0.25) is 5.91 Å². The van der Waals surface area contributed by atoms with Crippen molar-refractivity contribution in [3.05, 3.63) is 29.8 Å². The van der Waals surface area contributed by atoms with E-state index in [9.17, 15) is 9.90 Å². The van der Waals surface area contributed by atoms with Gasteiger partial charge in [0.15, 0.2) is 0 Å². The molecule has 102 valence electrons. The van der Waals surface area contributed by atoms with Gasteiger partial charge in [0.05, 0.1) is 6.21 Å². The summed E-state index contributed by atoms with van der Waals surface area (Å²) in [5.41, 5.74) is 3.10. The van der Waals surface area contributed by atoms with Crippen molar-refractivity contribution in [3.63, 3.8) is 0 Å². The number of amides is 1. The van der Waals surface area contributed by atoms with Crippen LogP contribution in [0, 0.1) is 5.92 Å². The maximum absolute atomic E-state index is 11.6. The molecule has 1 saturated carbocycles. The van der Waals surface area contributed by atoms with E-state index >= 15 is 0 Å². The zero-order valence-corrected chi connectivity index (χ0v) is 11.0. The highest BCUT2D eigenvalue weighted by atomic mass is 16.3. The molecule has 4 nitrogen and oxygen atoms in total. The lowest BCUT2D eigenvalue weighted by Crippen LogP contribution is -2.18. The SMILES string of the molecule is O=C(CCC1CCCC1)N/N=C/c1ccccc1O. The van der Waals surface area contributed by atoms with Crippen molar-refractivity contribution in [3.8, 4) is 5.75 Å². The van der Waals surface area contributed by atoms with E-state index in [1.54, 1.807) is 18.2 Å². The van der Waals surface area contributed by atoms with Crippen molar-refractivity contribution >= 4 is 12.1 Å². The Labute approximate surface area is 113 Å². The summed E-state index contributed by atoms with van der Waals surface area (Å²) in [7, 11) is 0. The second-order valence-corrected chi connectivity index (χ2v) is 5.04. The minimum Gasteiger partial charge on any atom is -0.507 e. The van der Waals surface area contributed by atoms with Gasteiger partial charge in [0, 0.05) is 12.0 Å². The van der Waals surface area contributed by atoms with E-state index in [0.29, 0.717) is 17.9 Å². The van der Waals surface area contributed by atoms with Crippen LogP contribution in [0.15, 0.2) is 29.4 Å². The third-order valence-corrected chi connectivity index (χ3v) is 3.58. The Morgan fingerprint density at radius 3 is 2.84 bits per heavy atom. The first-order chi connectivity index (χ1) is 9.25. The largest absolute Gasteiger partial charge is 0.507 e. The number of nitrogens with one attached hydrogen (secondary N) is 1. The summed E-state index contributed by atoms with van der Waals surface area (Å²) in [5.74, 6) is 0.818. The molecule has 19 heavy (non-hydrogen) atoms. The molecule has 0 unspecified atom stereocenters. The Hall–Kier alpha value is -1.84. The number of hydrazone groups is 1. The van der Waals surface area contributed by atoms with Crippen molar-refractivity contribution in [2.45, 2.75) is 38.5 Å². The third kappa shape index (κ3) is 4.39. The fraction of sp³-hybridized carbons (Fsp3) is 0.467. The summed E-state index contributed by atoms with van der Waals surface area (Å²) < 4.78 is 0. The van der Waals surface area contributed by atoms with Crippen molar-refractivity contribution in [1.29, 1.82) is 0 Å². The van der Waals surface area contributed by atoms with Crippen LogP contribution in [0.3, 0.4) is 0 Å². The van der Waals surface area contributed by atoms with Crippen LogP contribution in [0.4, 0.5) is 0 Å². The van der Waals surface area contributed by atoms with Crippen LogP contribution in [0.5, 0.6) is 5.75 Å². The fourth-order valence-electron chi connectivity index (χ4n) is 2.46. The van der Waals surface area contributed by atoms with Crippen LogP contribution in [0.1, 0.15) is 44.1 Å². The maximum atomic E-state index is 11.6. The summed E-state index contributed by atoms with van der Waals surface area (Å²) >= 11 is 0. The van der Waals surface area contributed by atoms with E-state index in [2.05, 4.69) is 10.5 Å². The molecule has 0 aromatic heterocycles. The van der Waals surface area contributed by atoms with Gasteiger partial charge in [-0.05, 0) is 24.5 Å². The molecule has 0 atom stereocenters. The molecule has 1 aromatic rings. The number of hydrogen-bond donors (Lipinski definition) is 2. The first-order valence-electron chi connectivity index (χ1n) is 6.85. The number of nitrogens with zero attached hydrogens (tertiary/aromatic N) is 1. The number of rotatable bonds is 5. The molecule has 2 rings (SSSR count). The third-order valence-electron chi connectivity index (χ3n) is 3.58. The van der Waals surface area contributed by atoms with E-state index in [4.69, 9.17) is 0 Å². The van der Waals surface area contributed by atoms with E-state index in [1.165, 1.54) is 31.9 Å². The molecule has 1 aromatic carbocycles. The molecular formula is C15H20N2O2. The first-order valence-corrected chi connectivity index (χ1v) is 6.85. The van der Waals surface area contributed by atoms with E-state index in [1.807, 2.05) is 6.07 Å². The van der Waals surface area contributed by atoms with E-state index in [0.717, 1.165) is 6.42 Å². The number of hydrogen-bond acceptors (Lipinski definition) is 3. The average molecular weight is 260 g/mol. The van der Waals surface area contributed by atoms with Gasteiger partial charge in [0.1, 0.15) is 5.75 Å². The number of phenolic OH excluding ortho intramolecular Hbond substituents is 1. The summed E-state index contributed by atoms with van der Waals surface area (Å²) in [6, 6.07) is 6.88. The van der Waals surface area contributed by atoms with Gasteiger partial charge in [-0.3, -0.25) is 4.79 Å². The van der Waals surface area contributed by atoms with Crippen molar-refractivity contribution in [1.82, 2.24) is 5.43 Å². The highest BCUT2D eigenvalue weighted by molar-refractivity contribution is 5.84. The van der Waals surface area contributed by atoms with Gasteiger partial charge in [-0.2, -0.15) is 5.10 Å². The van der Waals surface area contributed by atoms with E-state index in [-0.39, 0.29) is 11.7 Å². The Bertz CT molecular complexity index is 451. The van der Waals surface area contributed by atoms with Crippen LogP contribution >= 0.6 is 0 Å². The Balaban J connectivity index is 1.72. The number of phenols is 1. The number of benzene rings is 1. The normalized spacial score (nSPS) is 16.0. The average Bonchev–Trinajstić information content (AvgIpc) is 2.92. The van der Waals surface area contributed by atoms with Crippen molar-refractivity contribution in [2.24, 2.45) is 11.0 Å². The lowest BCUT2D eigenvalue weighted by atomic mass is 10.0. The lowest BCUT2D eigenvalue weighted by molar-refractivity contribution is -0.121. The Morgan fingerprint density at radius 2 is 2.11 bits per heavy atom. The summed E-state index contributed by atoms with van der Waals surface area (Å²) in [6.07, 6.45) is 8.07. The van der Waals surface area contributed by atoms with Gasteiger partial charge in [-0.1, -0.05) is 37.8 Å². The number of carbonyl (C=O) groups is 1. The van der Waals surface area contributed by atoms with Gasteiger partial charge >= 0.3 is 0 Å². The van der Waals surface area contributed by atoms with Crippen molar-refractivity contribution < 1.29 is 9.90 Å². The molecule has 0 spiro atoms. The van der Waals surface area contributed by atoms with Gasteiger partial charge in [0.25, 0.3) is 0 Å². The predicted octanol–water partition coefficient (Wildman–Crippen LogP) is 2.81. The smallest absolute Gasteiger partial charge is 0.240 e. The van der Waals surface area contributed by atoms with Crippen molar-refractivity contribution in [2.75, 3.05) is 0 Å². The molecule has 4 heteroatoms. The molecule has 0 radical (unpaired) electrons. The molecule has 0 heterocycles. The molecular weight excluding hydrogens is 240 g/mol. The van der Waals surface area contributed by atoms with E-state index < -0.39 is 0 Å². The molecule has 1 aliphatic rings. The molecule has 1 aliphatic carbocycles. The number of carbonyl (C=O) groups excluding carboxylic acids is 1. The highest BCUT2D eigenvalue weighted by Crippen LogP contribution is 2.28. The molecule has 1 fully saturated rings. The molecule has 0 saturated heterocycles. The maximum Gasteiger partial charge on any atom is 0.240 e. The van der Waals surface area contributed by atoms with Crippen LogP contribution in [-0.4, -0.2) is 17.2 Å². The van der Waals surface area contributed by atoms with Gasteiger partial charge in [-0.25, -0.2) is 5.43 Å². The zero-order chi connectivity index (χ0) is 13.5. The Morgan fingerprint density at radius 1 is 1.37 bits per heavy atom. The standard InChI is InChI=1S/C15H20N2O2/c18-14-8-4-3-7-13(14)11-16-17-15(19)10-9-12-5-1-2-6-12/h3-4,7-8,11-12,18H,1-2,5-6,9-10H2,(H,17,19)/b16-11+. The monoisotopic (exact) mass is 260 g/mol. The van der Waals surface area contributed by atoms with Crippen LogP contribution in [-0.2, 0) is 4.79 Å². The molecule has 0 bridgehead atoms. The summed E-state index contributed by atoms with van der Waals surface area (Å²) in [4.78, 5) is 11.6. The highest BCUT2D eigenvalue weighted by Gasteiger charge is 2.15. The Kier molecular flexibility index (Phi) is 4.95. The van der Waals surface area contributed by atoms with Crippen LogP contribution in [0.25, 0.3) is 0 Å².